The molecule has 0 spiro atoms. The number of nitrogens with one attached hydrogen (secondary N) is 2. The van der Waals surface area contributed by atoms with Gasteiger partial charge in [-0.15, -0.1) is 22.7 Å². The van der Waals surface area contributed by atoms with E-state index in [9.17, 15) is 0 Å². The van der Waals surface area contributed by atoms with E-state index in [4.69, 9.17) is 0 Å². The summed E-state index contributed by atoms with van der Waals surface area (Å²) in [7, 11) is 0. The SMILES string of the molecule is CCNC(=NCc1csc(CC)n1)NCc1ccc(C)s1. The second kappa shape index (κ2) is 8.14. The third kappa shape index (κ3) is 5.13. The van der Waals surface area contributed by atoms with Crippen molar-refractivity contribution >= 4 is 28.6 Å². The summed E-state index contributed by atoms with van der Waals surface area (Å²) in [6.45, 7) is 8.61. The van der Waals surface area contributed by atoms with Crippen LogP contribution >= 0.6 is 22.7 Å². The molecule has 114 valence electrons. The number of thiazole rings is 1. The molecule has 6 heteroatoms. The van der Waals surface area contributed by atoms with Crippen molar-refractivity contribution in [2.24, 2.45) is 4.99 Å². The first-order valence-corrected chi connectivity index (χ1v) is 8.91. The fourth-order valence-corrected chi connectivity index (χ4v) is 3.40. The molecule has 0 aliphatic heterocycles. The van der Waals surface area contributed by atoms with Gasteiger partial charge in [0.2, 0.25) is 0 Å². The third-order valence-corrected chi connectivity index (χ3v) is 4.91. The maximum Gasteiger partial charge on any atom is 0.191 e. The fraction of sp³-hybridized carbons (Fsp3) is 0.467. The molecule has 2 N–H and O–H groups in total. The van der Waals surface area contributed by atoms with Crippen LogP contribution < -0.4 is 10.6 Å². The third-order valence-electron chi connectivity index (χ3n) is 2.87. The van der Waals surface area contributed by atoms with Crippen molar-refractivity contribution in [1.82, 2.24) is 15.6 Å². The van der Waals surface area contributed by atoms with Gasteiger partial charge in [-0.1, -0.05) is 6.92 Å². The van der Waals surface area contributed by atoms with E-state index in [2.05, 4.69) is 58.9 Å². The number of guanidine groups is 1. The Hall–Kier alpha value is -1.40. The number of aromatic nitrogens is 1. The quantitative estimate of drug-likeness (QED) is 0.633. The van der Waals surface area contributed by atoms with Crippen molar-refractivity contribution < 1.29 is 0 Å². The molecule has 0 radical (unpaired) electrons. The minimum Gasteiger partial charge on any atom is -0.357 e. The average molecular weight is 323 g/mol. The van der Waals surface area contributed by atoms with E-state index in [0.717, 1.165) is 31.2 Å². The van der Waals surface area contributed by atoms with E-state index >= 15 is 0 Å². The van der Waals surface area contributed by atoms with E-state index in [0.29, 0.717) is 6.54 Å². The fourth-order valence-electron chi connectivity index (χ4n) is 1.84. The van der Waals surface area contributed by atoms with E-state index in [-0.39, 0.29) is 0 Å². The van der Waals surface area contributed by atoms with Gasteiger partial charge < -0.3 is 10.6 Å². The Morgan fingerprint density at radius 3 is 2.76 bits per heavy atom. The Morgan fingerprint density at radius 1 is 1.29 bits per heavy atom. The summed E-state index contributed by atoms with van der Waals surface area (Å²) in [6, 6.07) is 4.30. The maximum atomic E-state index is 4.60. The first-order chi connectivity index (χ1) is 10.2. The molecule has 0 saturated carbocycles. The maximum absolute atomic E-state index is 4.60. The highest BCUT2D eigenvalue weighted by molar-refractivity contribution is 7.11. The lowest BCUT2D eigenvalue weighted by molar-refractivity contribution is 0.819. The van der Waals surface area contributed by atoms with Gasteiger partial charge in [-0.25, -0.2) is 9.98 Å². The molecule has 2 rings (SSSR count). The van der Waals surface area contributed by atoms with Gasteiger partial charge in [-0.05, 0) is 32.4 Å². The zero-order valence-corrected chi connectivity index (χ0v) is 14.4. The van der Waals surface area contributed by atoms with Gasteiger partial charge in [0, 0.05) is 21.7 Å². The van der Waals surface area contributed by atoms with Crippen LogP contribution in [0.15, 0.2) is 22.5 Å². The Bertz CT molecular complexity index is 586. The molecule has 0 aromatic carbocycles. The predicted octanol–water partition coefficient (Wildman–Crippen LogP) is 3.33. The van der Waals surface area contributed by atoms with Gasteiger partial charge in [0.25, 0.3) is 0 Å². The molecule has 0 saturated heterocycles. The number of thiophene rings is 1. The molecule has 2 aromatic heterocycles. The Morgan fingerprint density at radius 2 is 2.14 bits per heavy atom. The second-order valence-electron chi connectivity index (χ2n) is 4.65. The molecular formula is C15H22N4S2. The smallest absolute Gasteiger partial charge is 0.191 e. The second-order valence-corrected chi connectivity index (χ2v) is 6.96. The summed E-state index contributed by atoms with van der Waals surface area (Å²) in [4.78, 5) is 11.8. The standard InChI is InChI=1S/C15H22N4S2/c1-4-14-19-12(10-20-14)8-17-15(16-5-2)18-9-13-7-6-11(3)21-13/h6-7,10H,4-5,8-9H2,1-3H3,(H2,16,17,18). The van der Waals surface area contributed by atoms with E-state index in [1.807, 2.05) is 11.3 Å². The minimum absolute atomic E-state index is 0.620. The summed E-state index contributed by atoms with van der Waals surface area (Å²) in [5, 5.41) is 9.90. The lowest BCUT2D eigenvalue weighted by Gasteiger charge is -2.09. The molecule has 0 aliphatic rings. The Kier molecular flexibility index (Phi) is 6.20. The molecule has 0 atom stereocenters. The molecule has 0 amide bonds. The summed E-state index contributed by atoms with van der Waals surface area (Å²) >= 11 is 3.52. The van der Waals surface area contributed by atoms with Gasteiger partial charge in [0.1, 0.15) is 0 Å². The molecule has 2 heterocycles. The molecule has 21 heavy (non-hydrogen) atoms. The predicted molar refractivity (Wildman–Crippen MR) is 92.2 cm³/mol. The first kappa shape index (κ1) is 16.0. The van der Waals surface area contributed by atoms with Crippen molar-refractivity contribution in [3.63, 3.8) is 0 Å². The Balaban J connectivity index is 1.92. The zero-order chi connectivity index (χ0) is 15.1. The van der Waals surface area contributed by atoms with Crippen molar-refractivity contribution in [3.05, 3.63) is 38.0 Å². The van der Waals surface area contributed by atoms with Gasteiger partial charge in [-0.2, -0.15) is 0 Å². The van der Waals surface area contributed by atoms with Crippen LogP contribution in [0.4, 0.5) is 0 Å². The van der Waals surface area contributed by atoms with Crippen molar-refractivity contribution in [2.75, 3.05) is 6.54 Å². The first-order valence-electron chi connectivity index (χ1n) is 7.22. The van der Waals surface area contributed by atoms with Crippen molar-refractivity contribution in [1.29, 1.82) is 0 Å². The van der Waals surface area contributed by atoms with E-state index < -0.39 is 0 Å². The van der Waals surface area contributed by atoms with Crippen LogP contribution in [0.2, 0.25) is 0 Å². The van der Waals surface area contributed by atoms with Gasteiger partial charge in [0.15, 0.2) is 5.96 Å². The lowest BCUT2D eigenvalue weighted by Crippen LogP contribution is -2.36. The molecular weight excluding hydrogens is 300 g/mol. The van der Waals surface area contributed by atoms with E-state index in [1.54, 1.807) is 11.3 Å². The largest absolute Gasteiger partial charge is 0.357 e. The average Bonchev–Trinajstić information content (AvgIpc) is 3.10. The molecule has 4 nitrogen and oxygen atoms in total. The van der Waals surface area contributed by atoms with Crippen LogP contribution in [0.25, 0.3) is 0 Å². The lowest BCUT2D eigenvalue weighted by atomic mass is 10.4. The summed E-state index contributed by atoms with van der Waals surface area (Å²) in [5.41, 5.74) is 1.04. The van der Waals surface area contributed by atoms with Crippen LogP contribution in [-0.4, -0.2) is 17.5 Å². The van der Waals surface area contributed by atoms with Crippen molar-refractivity contribution in [2.45, 2.75) is 40.3 Å². The number of aryl methyl sites for hydroxylation is 2. The van der Waals surface area contributed by atoms with Gasteiger partial charge >= 0.3 is 0 Å². The van der Waals surface area contributed by atoms with Crippen LogP contribution in [0.3, 0.4) is 0 Å². The highest BCUT2D eigenvalue weighted by Crippen LogP contribution is 2.14. The minimum atomic E-state index is 0.620. The highest BCUT2D eigenvalue weighted by Gasteiger charge is 2.02. The number of nitrogens with zero attached hydrogens (tertiary/aromatic N) is 2. The number of hydrogen-bond acceptors (Lipinski definition) is 4. The summed E-state index contributed by atoms with van der Waals surface area (Å²) in [6.07, 6.45) is 0.991. The monoisotopic (exact) mass is 322 g/mol. The normalized spacial score (nSPS) is 11.7. The van der Waals surface area contributed by atoms with Gasteiger partial charge in [0.05, 0.1) is 23.8 Å². The molecule has 0 bridgehead atoms. The Labute approximate surface area is 134 Å². The summed E-state index contributed by atoms with van der Waals surface area (Å²) in [5.74, 6) is 0.842. The molecule has 2 aromatic rings. The topological polar surface area (TPSA) is 49.3 Å². The van der Waals surface area contributed by atoms with Crippen LogP contribution in [0.5, 0.6) is 0 Å². The van der Waals surface area contributed by atoms with E-state index in [1.165, 1.54) is 14.8 Å². The number of rotatable bonds is 6. The molecule has 0 fully saturated rings. The molecule has 0 aliphatic carbocycles. The van der Waals surface area contributed by atoms with Crippen molar-refractivity contribution in [3.8, 4) is 0 Å². The summed E-state index contributed by atoms with van der Waals surface area (Å²) < 4.78 is 0. The van der Waals surface area contributed by atoms with Crippen LogP contribution in [0.1, 0.15) is 34.3 Å². The van der Waals surface area contributed by atoms with Crippen LogP contribution in [0, 0.1) is 6.92 Å². The zero-order valence-electron chi connectivity index (χ0n) is 12.8. The highest BCUT2D eigenvalue weighted by atomic mass is 32.1. The van der Waals surface area contributed by atoms with Crippen LogP contribution in [-0.2, 0) is 19.5 Å². The molecule has 0 unspecified atom stereocenters. The number of hydrogen-bond donors (Lipinski definition) is 2. The number of aliphatic imine (C=N–C) groups is 1. The van der Waals surface area contributed by atoms with Gasteiger partial charge in [-0.3, -0.25) is 0 Å².